The summed E-state index contributed by atoms with van der Waals surface area (Å²) in [5.74, 6) is -1.89. The average Bonchev–Trinajstić information content (AvgIpc) is 2.79. The van der Waals surface area contributed by atoms with Gasteiger partial charge in [-0.25, -0.2) is 0 Å². The van der Waals surface area contributed by atoms with E-state index in [-0.39, 0.29) is 25.4 Å². The van der Waals surface area contributed by atoms with Crippen LogP contribution in [-0.2, 0) is 30.3 Å². The van der Waals surface area contributed by atoms with Gasteiger partial charge in [-0.2, -0.15) is 0 Å². The maximum atomic E-state index is 13.0. The standard InChI is InChI=1S/C22H24N4O6/c1-31-17(27)12-13-3-2-4-16(11-13)26-9-10-32-19(22(26)30)18(28)21(29)25-15-7-5-14(6-8-15)20(23)24/h2-8,11,18-19,28H,9-10,12H2,1H3,(H3,23,24)(H,25,29)/t18-,19-/m1/s1. The number of aliphatic hydroxyl groups excluding tert-OH is 1. The van der Waals surface area contributed by atoms with Crippen molar-refractivity contribution in [1.82, 2.24) is 0 Å². The SMILES string of the molecule is COC(=O)Cc1cccc(N2CCO[C@H]([C@@H](O)C(=O)Nc3ccc(C(=N)N)cc3)C2=O)c1. The van der Waals surface area contributed by atoms with Crippen molar-refractivity contribution in [2.24, 2.45) is 5.73 Å². The van der Waals surface area contributed by atoms with Crippen LogP contribution in [0.4, 0.5) is 11.4 Å². The number of nitrogen functional groups attached to an aromatic ring is 1. The number of morpholine rings is 1. The van der Waals surface area contributed by atoms with Gasteiger partial charge in [0.15, 0.2) is 12.2 Å². The molecule has 168 valence electrons. The van der Waals surface area contributed by atoms with E-state index in [9.17, 15) is 19.5 Å². The maximum absolute atomic E-state index is 13.0. The highest BCUT2D eigenvalue weighted by Crippen LogP contribution is 2.22. The Kier molecular flexibility index (Phi) is 7.18. The van der Waals surface area contributed by atoms with E-state index in [1.54, 1.807) is 36.4 Å². The van der Waals surface area contributed by atoms with E-state index in [0.717, 1.165) is 0 Å². The van der Waals surface area contributed by atoms with E-state index >= 15 is 0 Å². The molecule has 10 nitrogen and oxygen atoms in total. The summed E-state index contributed by atoms with van der Waals surface area (Å²) in [6, 6.07) is 13.0. The second-order valence-electron chi connectivity index (χ2n) is 7.13. The molecule has 1 saturated heterocycles. The number of amidine groups is 1. The molecular formula is C22H24N4O6. The van der Waals surface area contributed by atoms with Gasteiger partial charge >= 0.3 is 5.97 Å². The number of aliphatic hydroxyl groups is 1. The molecule has 0 aromatic heterocycles. The number of carbonyl (C=O) groups is 3. The molecule has 0 aliphatic carbocycles. The normalized spacial score (nSPS) is 16.9. The van der Waals surface area contributed by atoms with Gasteiger partial charge in [-0.1, -0.05) is 12.1 Å². The summed E-state index contributed by atoms with van der Waals surface area (Å²) in [6.45, 7) is 0.354. The number of nitrogens with one attached hydrogen (secondary N) is 2. The number of ether oxygens (including phenoxy) is 2. The zero-order valence-corrected chi connectivity index (χ0v) is 17.4. The van der Waals surface area contributed by atoms with E-state index in [0.29, 0.717) is 22.5 Å². The van der Waals surface area contributed by atoms with Crippen LogP contribution in [0.2, 0.25) is 0 Å². The Morgan fingerprint density at radius 1 is 1.31 bits per heavy atom. The average molecular weight is 440 g/mol. The third-order valence-corrected chi connectivity index (χ3v) is 4.94. The minimum absolute atomic E-state index is 0.0553. The van der Waals surface area contributed by atoms with Gasteiger partial charge in [0.05, 0.1) is 20.1 Å². The lowest BCUT2D eigenvalue weighted by Crippen LogP contribution is -2.55. The molecule has 2 aromatic rings. The summed E-state index contributed by atoms with van der Waals surface area (Å²) in [5, 5.41) is 20.4. The molecule has 1 heterocycles. The number of anilines is 2. The Labute approximate surface area is 184 Å². The molecule has 2 amide bonds. The molecule has 0 spiro atoms. The highest BCUT2D eigenvalue weighted by atomic mass is 16.5. The highest BCUT2D eigenvalue weighted by molar-refractivity contribution is 6.04. The molecule has 0 unspecified atom stereocenters. The van der Waals surface area contributed by atoms with Gasteiger partial charge in [-0.15, -0.1) is 0 Å². The first-order valence-electron chi connectivity index (χ1n) is 9.82. The van der Waals surface area contributed by atoms with Gasteiger partial charge < -0.3 is 30.5 Å². The molecule has 2 atom stereocenters. The highest BCUT2D eigenvalue weighted by Gasteiger charge is 2.39. The van der Waals surface area contributed by atoms with Crippen molar-refractivity contribution in [3.8, 4) is 0 Å². The summed E-state index contributed by atoms with van der Waals surface area (Å²) >= 11 is 0. The first-order valence-corrected chi connectivity index (χ1v) is 9.82. The van der Waals surface area contributed by atoms with Gasteiger partial charge in [0, 0.05) is 23.5 Å². The monoisotopic (exact) mass is 440 g/mol. The molecule has 0 radical (unpaired) electrons. The minimum Gasteiger partial charge on any atom is -0.469 e. The third kappa shape index (κ3) is 5.29. The lowest BCUT2D eigenvalue weighted by atomic mass is 10.1. The van der Waals surface area contributed by atoms with Crippen molar-refractivity contribution < 1.29 is 29.0 Å². The Hall–Kier alpha value is -3.76. The lowest BCUT2D eigenvalue weighted by molar-refractivity contribution is -0.150. The number of rotatable bonds is 7. The Bertz CT molecular complexity index is 1020. The number of amides is 2. The Balaban J connectivity index is 1.70. The predicted molar refractivity (Wildman–Crippen MR) is 116 cm³/mol. The van der Waals surface area contributed by atoms with Gasteiger partial charge in [-0.3, -0.25) is 19.8 Å². The number of methoxy groups -OCH3 is 1. The molecule has 5 N–H and O–H groups in total. The van der Waals surface area contributed by atoms with Crippen LogP contribution < -0.4 is 16.0 Å². The van der Waals surface area contributed by atoms with Gasteiger partial charge in [0.1, 0.15) is 5.84 Å². The van der Waals surface area contributed by atoms with Crippen molar-refractivity contribution >= 4 is 35.0 Å². The Morgan fingerprint density at radius 3 is 2.69 bits per heavy atom. The van der Waals surface area contributed by atoms with Gasteiger partial charge in [-0.05, 0) is 42.0 Å². The summed E-state index contributed by atoms with van der Waals surface area (Å²) in [4.78, 5) is 38.4. The number of nitrogens with two attached hydrogens (primary N) is 1. The molecule has 1 fully saturated rings. The summed E-state index contributed by atoms with van der Waals surface area (Å²) in [7, 11) is 1.30. The topological polar surface area (TPSA) is 155 Å². The molecule has 1 aliphatic heterocycles. The van der Waals surface area contributed by atoms with Crippen molar-refractivity contribution in [3.63, 3.8) is 0 Å². The number of hydrogen-bond donors (Lipinski definition) is 4. The first-order chi connectivity index (χ1) is 15.3. The lowest BCUT2D eigenvalue weighted by Gasteiger charge is -2.34. The van der Waals surface area contributed by atoms with E-state index in [1.807, 2.05) is 0 Å². The second-order valence-corrected chi connectivity index (χ2v) is 7.13. The molecule has 3 rings (SSSR count). The van der Waals surface area contributed by atoms with Crippen LogP contribution in [0.15, 0.2) is 48.5 Å². The fraction of sp³-hybridized carbons (Fsp3) is 0.273. The smallest absolute Gasteiger partial charge is 0.309 e. The molecule has 0 bridgehead atoms. The van der Waals surface area contributed by atoms with Crippen LogP contribution in [0.3, 0.4) is 0 Å². The van der Waals surface area contributed by atoms with E-state index < -0.39 is 30.0 Å². The molecule has 10 heteroatoms. The molecule has 0 saturated carbocycles. The van der Waals surface area contributed by atoms with E-state index in [4.69, 9.17) is 15.9 Å². The number of hydrogen-bond acceptors (Lipinski definition) is 7. The molecule has 1 aliphatic rings. The summed E-state index contributed by atoms with van der Waals surface area (Å²) in [6.07, 6.45) is -3.07. The minimum atomic E-state index is -1.74. The van der Waals surface area contributed by atoms with E-state index in [1.165, 1.54) is 24.1 Å². The first kappa shape index (κ1) is 22.9. The van der Waals surface area contributed by atoms with Crippen LogP contribution in [0, 0.1) is 5.41 Å². The van der Waals surface area contributed by atoms with Gasteiger partial charge in [0.2, 0.25) is 0 Å². The van der Waals surface area contributed by atoms with Crippen LogP contribution in [-0.4, -0.2) is 61.2 Å². The van der Waals surface area contributed by atoms with Crippen LogP contribution in [0.25, 0.3) is 0 Å². The zero-order chi connectivity index (χ0) is 23.3. The fourth-order valence-electron chi connectivity index (χ4n) is 3.25. The Morgan fingerprint density at radius 2 is 2.03 bits per heavy atom. The van der Waals surface area contributed by atoms with Gasteiger partial charge in [0.25, 0.3) is 11.8 Å². The van der Waals surface area contributed by atoms with E-state index in [2.05, 4.69) is 10.1 Å². The van der Waals surface area contributed by atoms with Crippen molar-refractivity contribution in [1.29, 1.82) is 5.41 Å². The summed E-state index contributed by atoms with van der Waals surface area (Å²) < 4.78 is 10.1. The number of benzene rings is 2. The zero-order valence-electron chi connectivity index (χ0n) is 17.4. The van der Waals surface area contributed by atoms with Crippen molar-refractivity contribution in [2.45, 2.75) is 18.6 Å². The van der Waals surface area contributed by atoms with Crippen molar-refractivity contribution in [3.05, 3.63) is 59.7 Å². The van der Waals surface area contributed by atoms with Crippen LogP contribution in [0.5, 0.6) is 0 Å². The van der Waals surface area contributed by atoms with Crippen LogP contribution in [0.1, 0.15) is 11.1 Å². The van der Waals surface area contributed by atoms with Crippen molar-refractivity contribution in [2.75, 3.05) is 30.5 Å². The molecule has 2 aromatic carbocycles. The summed E-state index contributed by atoms with van der Waals surface area (Å²) in [5.41, 5.74) is 7.45. The quantitative estimate of drug-likeness (QED) is 0.276. The molecular weight excluding hydrogens is 416 g/mol. The largest absolute Gasteiger partial charge is 0.469 e. The third-order valence-electron chi connectivity index (χ3n) is 4.94. The number of esters is 1. The predicted octanol–water partition coefficient (Wildman–Crippen LogP) is 0.418. The van der Waals surface area contributed by atoms with Crippen LogP contribution >= 0.6 is 0 Å². The number of nitrogens with zero attached hydrogens (tertiary/aromatic N) is 1. The second kappa shape index (κ2) is 10.0. The fourth-order valence-corrected chi connectivity index (χ4v) is 3.25. The maximum Gasteiger partial charge on any atom is 0.309 e. The molecule has 32 heavy (non-hydrogen) atoms. The number of carbonyl (C=O) groups excluding carboxylic acids is 3.